The van der Waals surface area contributed by atoms with Crippen LogP contribution in [0.3, 0.4) is 0 Å². The van der Waals surface area contributed by atoms with Crippen LogP contribution in [0.25, 0.3) is 0 Å². The number of rotatable bonds is 8. The average molecular weight is 223 g/mol. The van der Waals surface area contributed by atoms with E-state index in [1.165, 1.54) is 4.67 Å². The molecule has 0 aromatic rings. The Balaban J connectivity index is 4.30. The highest BCUT2D eigenvalue weighted by atomic mass is 31.2. The van der Waals surface area contributed by atoms with Gasteiger partial charge < -0.3 is 4.79 Å². The second kappa shape index (κ2) is 7.12. The first-order valence-electron chi connectivity index (χ1n) is 4.65. The number of carbonyl (C=O) groups is 1. The molecule has 84 valence electrons. The zero-order chi connectivity index (χ0) is 11.0. The molecule has 0 spiro atoms. The van der Waals surface area contributed by atoms with Gasteiger partial charge in [-0.05, 0) is 20.9 Å². The minimum atomic E-state index is -3.17. The summed E-state index contributed by atoms with van der Waals surface area (Å²) in [5.41, 5.74) is 0. The normalized spacial score (nSPS) is 12.0. The van der Waals surface area contributed by atoms with E-state index >= 15 is 0 Å². The number of aldehydes is 1. The molecule has 0 atom stereocenters. The molecule has 0 saturated heterocycles. The molecule has 0 aliphatic rings. The van der Waals surface area contributed by atoms with E-state index in [0.717, 1.165) is 6.29 Å². The molecule has 14 heavy (non-hydrogen) atoms. The third-order valence-electron chi connectivity index (χ3n) is 1.57. The van der Waals surface area contributed by atoms with E-state index < -0.39 is 7.75 Å². The quantitative estimate of drug-likeness (QED) is 0.463. The van der Waals surface area contributed by atoms with Gasteiger partial charge in [-0.25, -0.2) is 9.24 Å². The van der Waals surface area contributed by atoms with E-state index in [0.29, 0.717) is 26.2 Å². The maximum atomic E-state index is 12.0. The third kappa shape index (κ3) is 4.33. The Hall–Kier alpha value is -0.220. The molecule has 0 aromatic carbocycles. The van der Waals surface area contributed by atoms with Gasteiger partial charge in [-0.2, -0.15) is 0 Å². The molecule has 0 unspecified atom stereocenters. The van der Waals surface area contributed by atoms with Crippen molar-refractivity contribution in [3.05, 3.63) is 0 Å². The van der Waals surface area contributed by atoms with Gasteiger partial charge >= 0.3 is 7.75 Å². The van der Waals surface area contributed by atoms with E-state index in [-0.39, 0.29) is 0 Å². The number of hydrogen-bond acceptors (Lipinski definition) is 4. The van der Waals surface area contributed by atoms with Gasteiger partial charge in [0.15, 0.2) is 0 Å². The summed E-state index contributed by atoms with van der Waals surface area (Å²) in [6.07, 6.45) is 1.10. The maximum absolute atomic E-state index is 12.0. The molecule has 0 N–H and O–H groups in total. The van der Waals surface area contributed by atoms with Gasteiger partial charge in [0.1, 0.15) is 6.29 Å². The first-order valence-corrected chi connectivity index (χ1v) is 6.14. The van der Waals surface area contributed by atoms with Crippen molar-refractivity contribution in [3.63, 3.8) is 0 Å². The van der Waals surface area contributed by atoms with E-state index in [1.54, 1.807) is 20.9 Å². The molecule has 0 bridgehead atoms. The van der Waals surface area contributed by atoms with Crippen molar-refractivity contribution in [2.75, 3.05) is 26.8 Å². The second-order valence-corrected chi connectivity index (χ2v) is 4.78. The smallest absolute Gasteiger partial charge is 0.303 e. The molecule has 0 rings (SSSR count). The van der Waals surface area contributed by atoms with Crippen LogP contribution in [0.5, 0.6) is 0 Å². The van der Waals surface area contributed by atoms with Crippen molar-refractivity contribution in [2.24, 2.45) is 0 Å². The van der Waals surface area contributed by atoms with Gasteiger partial charge in [-0.1, -0.05) is 0 Å². The summed E-state index contributed by atoms with van der Waals surface area (Å²) in [6.45, 7) is 4.52. The Morgan fingerprint density at radius 3 is 2.14 bits per heavy atom. The highest BCUT2D eigenvalue weighted by Crippen LogP contribution is 2.50. The lowest BCUT2D eigenvalue weighted by molar-refractivity contribution is -0.107. The predicted octanol–water partition coefficient (Wildman–Crippen LogP) is 1.69. The summed E-state index contributed by atoms with van der Waals surface area (Å²) in [5, 5.41) is 0. The molecule has 6 heteroatoms. The second-order valence-electron chi connectivity index (χ2n) is 2.64. The Kier molecular flexibility index (Phi) is 7.01. The van der Waals surface area contributed by atoms with E-state index in [1.807, 2.05) is 0 Å². The molecule has 5 nitrogen and oxygen atoms in total. The van der Waals surface area contributed by atoms with Crippen LogP contribution in [0.4, 0.5) is 0 Å². The lowest BCUT2D eigenvalue weighted by Gasteiger charge is -2.25. The molecule has 0 aliphatic heterocycles. The minimum Gasteiger partial charge on any atom is -0.303 e. The first kappa shape index (κ1) is 13.8. The molecule has 0 saturated carbocycles. The van der Waals surface area contributed by atoms with Crippen molar-refractivity contribution in [3.8, 4) is 0 Å². The van der Waals surface area contributed by atoms with Crippen molar-refractivity contribution in [1.82, 2.24) is 4.67 Å². The zero-order valence-electron chi connectivity index (χ0n) is 8.93. The molecule has 0 aromatic heterocycles. The van der Waals surface area contributed by atoms with Gasteiger partial charge in [0, 0.05) is 13.0 Å². The standard InChI is InChI=1S/C8H18NO4P/c1-4-12-14(11,13-5-2)9(3)7-6-8-10/h8H,4-7H2,1-3H3. The Labute approximate surface area is 85.0 Å². The van der Waals surface area contributed by atoms with Gasteiger partial charge in [0.05, 0.1) is 13.2 Å². The van der Waals surface area contributed by atoms with Crippen LogP contribution < -0.4 is 0 Å². The summed E-state index contributed by atoms with van der Waals surface area (Å²) in [7, 11) is -1.55. The van der Waals surface area contributed by atoms with Crippen molar-refractivity contribution in [1.29, 1.82) is 0 Å². The van der Waals surface area contributed by atoms with Crippen LogP contribution in [0, 0.1) is 0 Å². The van der Waals surface area contributed by atoms with Gasteiger partial charge in [-0.15, -0.1) is 0 Å². The molecule has 0 heterocycles. The van der Waals surface area contributed by atoms with Gasteiger partial charge in [0.2, 0.25) is 0 Å². The van der Waals surface area contributed by atoms with Crippen molar-refractivity contribution in [2.45, 2.75) is 20.3 Å². The van der Waals surface area contributed by atoms with Crippen LogP contribution in [-0.2, 0) is 18.4 Å². The topological polar surface area (TPSA) is 55.8 Å². The number of nitrogens with zero attached hydrogens (tertiary/aromatic N) is 1. The first-order chi connectivity index (χ1) is 6.60. The Bertz CT molecular complexity index is 200. The Morgan fingerprint density at radius 1 is 1.29 bits per heavy atom. The fraction of sp³-hybridized carbons (Fsp3) is 0.875. The summed E-state index contributed by atoms with van der Waals surface area (Å²) < 4.78 is 23.6. The molecule has 0 fully saturated rings. The maximum Gasteiger partial charge on any atom is 0.407 e. The van der Waals surface area contributed by atoms with E-state index in [4.69, 9.17) is 9.05 Å². The summed E-state index contributed by atoms with van der Waals surface area (Å²) in [4.78, 5) is 10.2. The predicted molar refractivity (Wildman–Crippen MR) is 54.2 cm³/mol. The van der Waals surface area contributed by atoms with E-state index in [9.17, 15) is 9.36 Å². The monoisotopic (exact) mass is 223 g/mol. The van der Waals surface area contributed by atoms with Gasteiger partial charge in [-0.3, -0.25) is 9.05 Å². The van der Waals surface area contributed by atoms with Crippen molar-refractivity contribution < 1.29 is 18.4 Å². The number of hydrogen-bond donors (Lipinski definition) is 0. The molecular weight excluding hydrogens is 205 g/mol. The molecule has 0 radical (unpaired) electrons. The highest BCUT2D eigenvalue weighted by Gasteiger charge is 2.29. The fourth-order valence-electron chi connectivity index (χ4n) is 0.923. The lowest BCUT2D eigenvalue weighted by atomic mass is 10.5. The summed E-state index contributed by atoms with van der Waals surface area (Å²) in [6, 6.07) is 0. The SMILES string of the molecule is CCOP(=O)(OCC)N(C)CCC=O. The summed E-state index contributed by atoms with van der Waals surface area (Å²) >= 11 is 0. The van der Waals surface area contributed by atoms with Crippen LogP contribution in [0.15, 0.2) is 0 Å². The largest absolute Gasteiger partial charge is 0.407 e. The van der Waals surface area contributed by atoms with E-state index in [2.05, 4.69) is 0 Å². The van der Waals surface area contributed by atoms with Crippen LogP contribution in [0.1, 0.15) is 20.3 Å². The lowest BCUT2D eigenvalue weighted by Crippen LogP contribution is -2.20. The molecular formula is C8H18NO4P. The van der Waals surface area contributed by atoms with Crippen LogP contribution in [-0.4, -0.2) is 37.8 Å². The van der Waals surface area contributed by atoms with Crippen LogP contribution >= 0.6 is 7.75 Å². The van der Waals surface area contributed by atoms with Crippen LogP contribution in [0.2, 0.25) is 0 Å². The fourth-order valence-corrected chi connectivity index (χ4v) is 2.40. The summed E-state index contributed by atoms with van der Waals surface area (Å²) in [5.74, 6) is 0. The minimum absolute atomic E-state index is 0.320. The Morgan fingerprint density at radius 2 is 1.79 bits per heavy atom. The highest BCUT2D eigenvalue weighted by molar-refractivity contribution is 7.51. The number of carbonyl (C=O) groups excluding carboxylic acids is 1. The zero-order valence-corrected chi connectivity index (χ0v) is 9.83. The van der Waals surface area contributed by atoms with Crippen molar-refractivity contribution >= 4 is 14.0 Å². The third-order valence-corrected chi connectivity index (χ3v) is 3.78. The molecule has 0 aliphatic carbocycles. The van der Waals surface area contributed by atoms with Gasteiger partial charge in [0.25, 0.3) is 0 Å². The average Bonchev–Trinajstić information content (AvgIpc) is 2.15. The molecule has 0 amide bonds.